The highest BCUT2D eigenvalue weighted by Crippen LogP contribution is 2.19. The molecule has 1 atom stereocenters. The van der Waals surface area contributed by atoms with E-state index in [-0.39, 0.29) is 5.82 Å². The van der Waals surface area contributed by atoms with Crippen molar-refractivity contribution in [3.8, 4) is 11.4 Å². The summed E-state index contributed by atoms with van der Waals surface area (Å²) in [6.07, 6.45) is 0. The zero-order valence-corrected chi connectivity index (χ0v) is 8.91. The number of aliphatic carboxylic acids is 1. The Kier molecular flexibility index (Phi) is 2.82. The summed E-state index contributed by atoms with van der Waals surface area (Å²) < 4.78 is 14.2. The summed E-state index contributed by atoms with van der Waals surface area (Å²) in [7, 11) is 0. The number of carboxylic acids is 1. The standard InChI is InChI=1S/C10H9FN4O2/c1-6(10(16)17)15-9(12-13-14-15)7-3-2-4-8(11)5-7/h2-6H,1H3,(H,16,17). The van der Waals surface area contributed by atoms with Crippen LogP contribution >= 0.6 is 0 Å². The lowest BCUT2D eigenvalue weighted by molar-refractivity contribution is -0.140. The van der Waals surface area contributed by atoms with Crippen molar-refractivity contribution in [3.05, 3.63) is 30.1 Å². The molecule has 0 saturated heterocycles. The fourth-order valence-corrected chi connectivity index (χ4v) is 1.38. The van der Waals surface area contributed by atoms with Gasteiger partial charge in [-0.2, -0.15) is 0 Å². The van der Waals surface area contributed by atoms with Gasteiger partial charge in [0.25, 0.3) is 0 Å². The van der Waals surface area contributed by atoms with Crippen LogP contribution in [0.1, 0.15) is 13.0 Å². The minimum atomic E-state index is -1.06. The van der Waals surface area contributed by atoms with Crippen molar-refractivity contribution in [2.24, 2.45) is 0 Å². The highest BCUT2D eigenvalue weighted by Gasteiger charge is 2.20. The van der Waals surface area contributed by atoms with E-state index in [9.17, 15) is 9.18 Å². The molecule has 1 aromatic carbocycles. The Labute approximate surface area is 95.7 Å². The predicted molar refractivity (Wildman–Crippen MR) is 55.6 cm³/mol. The molecule has 0 amide bonds. The van der Waals surface area contributed by atoms with E-state index in [2.05, 4.69) is 15.5 Å². The van der Waals surface area contributed by atoms with Crippen LogP contribution in [0.4, 0.5) is 4.39 Å². The first-order valence-electron chi connectivity index (χ1n) is 4.86. The van der Waals surface area contributed by atoms with Crippen molar-refractivity contribution in [1.82, 2.24) is 20.2 Å². The van der Waals surface area contributed by atoms with Gasteiger partial charge >= 0.3 is 5.97 Å². The maximum absolute atomic E-state index is 13.1. The molecule has 0 radical (unpaired) electrons. The molecule has 1 unspecified atom stereocenters. The van der Waals surface area contributed by atoms with E-state index < -0.39 is 17.8 Å². The average molecular weight is 236 g/mol. The SMILES string of the molecule is CC(C(=O)O)n1nnnc1-c1cccc(F)c1. The number of benzene rings is 1. The number of hydrogen-bond acceptors (Lipinski definition) is 4. The quantitative estimate of drug-likeness (QED) is 0.863. The smallest absolute Gasteiger partial charge is 0.328 e. The van der Waals surface area contributed by atoms with Crippen molar-refractivity contribution in [2.45, 2.75) is 13.0 Å². The number of carbonyl (C=O) groups is 1. The lowest BCUT2D eigenvalue weighted by Gasteiger charge is -2.08. The van der Waals surface area contributed by atoms with Gasteiger partial charge in [-0.1, -0.05) is 12.1 Å². The van der Waals surface area contributed by atoms with Crippen molar-refractivity contribution >= 4 is 5.97 Å². The molecule has 17 heavy (non-hydrogen) atoms. The van der Waals surface area contributed by atoms with E-state index in [0.29, 0.717) is 5.56 Å². The second-order valence-corrected chi connectivity index (χ2v) is 3.47. The van der Waals surface area contributed by atoms with Gasteiger partial charge in [-0.25, -0.2) is 13.9 Å². The van der Waals surface area contributed by atoms with Crippen LogP contribution in [0, 0.1) is 5.82 Å². The third-order valence-electron chi connectivity index (χ3n) is 2.30. The molecule has 0 aliphatic heterocycles. The van der Waals surface area contributed by atoms with Crippen molar-refractivity contribution in [1.29, 1.82) is 0 Å². The summed E-state index contributed by atoms with van der Waals surface area (Å²) in [5.74, 6) is -1.27. The fraction of sp³-hybridized carbons (Fsp3) is 0.200. The molecule has 0 fully saturated rings. The Morgan fingerprint density at radius 2 is 2.29 bits per heavy atom. The Balaban J connectivity index is 2.47. The van der Waals surface area contributed by atoms with E-state index in [1.807, 2.05) is 0 Å². The molecule has 2 rings (SSSR count). The van der Waals surface area contributed by atoms with Crippen molar-refractivity contribution in [3.63, 3.8) is 0 Å². The van der Waals surface area contributed by atoms with Crippen molar-refractivity contribution < 1.29 is 14.3 Å². The van der Waals surface area contributed by atoms with Crippen LogP contribution in [0.2, 0.25) is 0 Å². The molecule has 1 heterocycles. The minimum Gasteiger partial charge on any atom is -0.480 e. The lowest BCUT2D eigenvalue weighted by atomic mass is 10.2. The molecule has 0 aliphatic carbocycles. The van der Waals surface area contributed by atoms with Gasteiger partial charge in [-0.05, 0) is 29.5 Å². The molecular formula is C10H9FN4O2. The van der Waals surface area contributed by atoms with Gasteiger partial charge < -0.3 is 5.11 Å². The van der Waals surface area contributed by atoms with Gasteiger partial charge in [-0.15, -0.1) is 5.10 Å². The Bertz CT molecular complexity index is 555. The molecule has 0 saturated carbocycles. The number of aromatic nitrogens is 4. The van der Waals surface area contributed by atoms with E-state index in [0.717, 1.165) is 4.68 Å². The molecule has 0 spiro atoms. The number of tetrazole rings is 1. The van der Waals surface area contributed by atoms with Crippen LogP contribution in [-0.2, 0) is 4.79 Å². The van der Waals surface area contributed by atoms with Crippen LogP contribution in [0.15, 0.2) is 24.3 Å². The van der Waals surface area contributed by atoms with Gasteiger partial charge in [-0.3, -0.25) is 0 Å². The van der Waals surface area contributed by atoms with Gasteiger partial charge in [0, 0.05) is 5.56 Å². The van der Waals surface area contributed by atoms with Gasteiger partial charge in [0.05, 0.1) is 0 Å². The highest BCUT2D eigenvalue weighted by atomic mass is 19.1. The topological polar surface area (TPSA) is 80.9 Å². The third-order valence-corrected chi connectivity index (χ3v) is 2.30. The summed E-state index contributed by atoms with van der Waals surface area (Å²) in [4.78, 5) is 10.9. The summed E-state index contributed by atoms with van der Waals surface area (Å²) >= 11 is 0. The Morgan fingerprint density at radius 3 is 2.94 bits per heavy atom. The van der Waals surface area contributed by atoms with E-state index >= 15 is 0 Å². The molecular weight excluding hydrogens is 227 g/mol. The first-order valence-corrected chi connectivity index (χ1v) is 4.86. The normalized spacial score (nSPS) is 12.4. The predicted octanol–water partition coefficient (Wildman–Crippen LogP) is 1.12. The maximum Gasteiger partial charge on any atom is 0.328 e. The minimum absolute atomic E-state index is 0.222. The Morgan fingerprint density at radius 1 is 1.53 bits per heavy atom. The van der Waals surface area contributed by atoms with Crippen LogP contribution in [0.5, 0.6) is 0 Å². The highest BCUT2D eigenvalue weighted by molar-refractivity contribution is 5.72. The summed E-state index contributed by atoms with van der Waals surface area (Å²) in [5, 5.41) is 19.6. The van der Waals surface area contributed by atoms with E-state index in [4.69, 9.17) is 5.11 Å². The van der Waals surface area contributed by atoms with Gasteiger partial charge in [0.2, 0.25) is 0 Å². The van der Waals surface area contributed by atoms with Crippen molar-refractivity contribution in [2.75, 3.05) is 0 Å². The third kappa shape index (κ3) is 2.12. The molecule has 1 N–H and O–H groups in total. The summed E-state index contributed by atoms with van der Waals surface area (Å²) in [6, 6.07) is 4.74. The lowest BCUT2D eigenvalue weighted by Crippen LogP contribution is -2.18. The van der Waals surface area contributed by atoms with Crippen LogP contribution in [0.25, 0.3) is 11.4 Å². The second kappa shape index (κ2) is 4.28. The largest absolute Gasteiger partial charge is 0.480 e. The first kappa shape index (κ1) is 11.2. The number of nitrogens with zero attached hydrogens (tertiary/aromatic N) is 4. The summed E-state index contributed by atoms with van der Waals surface area (Å²) in [6.45, 7) is 1.45. The number of halogens is 1. The monoisotopic (exact) mass is 236 g/mol. The molecule has 6 nitrogen and oxygen atoms in total. The molecule has 88 valence electrons. The molecule has 2 aromatic rings. The van der Waals surface area contributed by atoms with Crippen LogP contribution in [0.3, 0.4) is 0 Å². The molecule has 0 aliphatic rings. The number of rotatable bonds is 3. The molecule has 1 aromatic heterocycles. The molecule has 7 heteroatoms. The maximum atomic E-state index is 13.1. The first-order chi connectivity index (χ1) is 8.09. The second-order valence-electron chi connectivity index (χ2n) is 3.47. The number of carboxylic acid groups (broad SMARTS) is 1. The summed E-state index contributed by atoms with van der Waals surface area (Å²) in [5.41, 5.74) is 0.433. The van der Waals surface area contributed by atoms with Crippen LogP contribution < -0.4 is 0 Å². The zero-order valence-electron chi connectivity index (χ0n) is 8.91. The Hall–Kier alpha value is -2.31. The van der Waals surface area contributed by atoms with Crippen LogP contribution in [-0.4, -0.2) is 31.3 Å². The van der Waals surface area contributed by atoms with Gasteiger partial charge in [0.1, 0.15) is 5.82 Å². The molecule has 0 bridgehead atoms. The fourth-order valence-electron chi connectivity index (χ4n) is 1.38. The zero-order chi connectivity index (χ0) is 12.4. The van der Waals surface area contributed by atoms with E-state index in [1.54, 1.807) is 6.07 Å². The average Bonchev–Trinajstić information content (AvgIpc) is 2.76. The van der Waals surface area contributed by atoms with E-state index in [1.165, 1.54) is 25.1 Å². The van der Waals surface area contributed by atoms with Gasteiger partial charge in [0.15, 0.2) is 11.9 Å². The number of hydrogen-bond donors (Lipinski definition) is 1.